The Balaban J connectivity index is 1.83. The predicted octanol–water partition coefficient (Wildman–Crippen LogP) is 0.984. The summed E-state index contributed by atoms with van der Waals surface area (Å²) in [4.78, 5) is 24.2. The van der Waals surface area contributed by atoms with Gasteiger partial charge in [-0.25, -0.2) is 0 Å². The number of hydrogen-bond acceptors (Lipinski definition) is 3. The molecule has 18 heavy (non-hydrogen) atoms. The van der Waals surface area contributed by atoms with E-state index < -0.39 is 5.97 Å². The molecule has 1 amide bonds. The number of amides is 1. The molecule has 2 saturated heterocycles. The predicted molar refractivity (Wildman–Crippen MR) is 67.2 cm³/mol. The van der Waals surface area contributed by atoms with E-state index in [1.165, 1.54) is 12.8 Å². The van der Waals surface area contributed by atoms with Crippen LogP contribution in [0.25, 0.3) is 0 Å². The molecule has 0 spiro atoms. The first-order valence-electron chi connectivity index (χ1n) is 6.90. The minimum Gasteiger partial charge on any atom is -0.481 e. The quantitative estimate of drug-likeness (QED) is 0.767. The first-order valence-corrected chi connectivity index (χ1v) is 6.90. The highest BCUT2D eigenvalue weighted by atomic mass is 16.4. The zero-order valence-corrected chi connectivity index (χ0v) is 10.7. The Hall–Kier alpha value is -1.10. The molecule has 0 aromatic carbocycles. The zero-order chi connectivity index (χ0) is 13.0. The van der Waals surface area contributed by atoms with Gasteiger partial charge in [-0.05, 0) is 32.2 Å². The fraction of sp³-hybridized carbons (Fsp3) is 0.846. The minimum absolute atomic E-state index is 0.152. The summed E-state index contributed by atoms with van der Waals surface area (Å²) in [6.07, 6.45) is 6.00. The van der Waals surface area contributed by atoms with Crippen molar-refractivity contribution in [3.63, 3.8) is 0 Å². The normalized spacial score (nSPS) is 29.2. The Labute approximate surface area is 108 Å². The Morgan fingerprint density at radius 1 is 1.39 bits per heavy atom. The van der Waals surface area contributed by atoms with E-state index in [-0.39, 0.29) is 18.4 Å². The van der Waals surface area contributed by atoms with Gasteiger partial charge in [-0.2, -0.15) is 0 Å². The van der Waals surface area contributed by atoms with Crippen LogP contribution >= 0.6 is 0 Å². The average Bonchev–Trinajstić information content (AvgIpc) is 2.73. The number of carbonyl (C=O) groups is 2. The van der Waals surface area contributed by atoms with Crippen LogP contribution in [0.15, 0.2) is 0 Å². The highest BCUT2D eigenvalue weighted by Crippen LogP contribution is 2.22. The third kappa shape index (κ3) is 3.70. The van der Waals surface area contributed by atoms with Crippen molar-refractivity contribution in [3.05, 3.63) is 0 Å². The van der Waals surface area contributed by atoms with E-state index in [4.69, 9.17) is 5.11 Å². The van der Waals surface area contributed by atoms with Gasteiger partial charge in [-0.1, -0.05) is 6.42 Å². The number of carboxylic acid groups (broad SMARTS) is 1. The van der Waals surface area contributed by atoms with E-state index in [0.29, 0.717) is 12.5 Å². The number of nitrogens with one attached hydrogen (secondary N) is 1. The molecule has 2 unspecified atom stereocenters. The van der Waals surface area contributed by atoms with E-state index in [9.17, 15) is 9.59 Å². The molecule has 0 aromatic heterocycles. The molecule has 2 N–H and O–H groups in total. The van der Waals surface area contributed by atoms with E-state index in [2.05, 4.69) is 10.2 Å². The maximum atomic E-state index is 11.2. The molecule has 5 nitrogen and oxygen atoms in total. The molecular formula is C13H22N2O3. The molecule has 2 atom stereocenters. The molecule has 2 aliphatic heterocycles. The van der Waals surface area contributed by atoms with E-state index in [1.54, 1.807) is 0 Å². The lowest BCUT2D eigenvalue weighted by molar-refractivity contribution is -0.137. The number of nitrogens with zero attached hydrogens (tertiary/aromatic N) is 1. The Morgan fingerprint density at radius 3 is 2.89 bits per heavy atom. The number of rotatable bonds is 5. The lowest BCUT2D eigenvalue weighted by Crippen LogP contribution is -2.46. The Morgan fingerprint density at radius 2 is 2.22 bits per heavy atom. The number of aliphatic carboxylic acids is 1. The molecule has 0 aromatic rings. The van der Waals surface area contributed by atoms with Crippen LogP contribution in [-0.4, -0.2) is 47.1 Å². The van der Waals surface area contributed by atoms with Crippen LogP contribution in [0.5, 0.6) is 0 Å². The summed E-state index contributed by atoms with van der Waals surface area (Å²) < 4.78 is 0. The number of piperidine rings is 1. The highest BCUT2D eigenvalue weighted by molar-refractivity contribution is 5.78. The standard InChI is InChI=1S/C13H22N2O3/c16-12-6-4-10(14-12)9-15-8-2-1-3-11(15)5-7-13(17)18/h10-11H,1-9H2,(H,14,16)(H,17,18). The summed E-state index contributed by atoms with van der Waals surface area (Å²) in [6, 6.07) is 0.648. The zero-order valence-electron chi connectivity index (χ0n) is 10.7. The molecule has 0 bridgehead atoms. The summed E-state index contributed by atoms with van der Waals surface area (Å²) in [5.74, 6) is -0.561. The van der Waals surface area contributed by atoms with Gasteiger partial charge >= 0.3 is 5.97 Å². The van der Waals surface area contributed by atoms with Crippen LogP contribution in [0.4, 0.5) is 0 Å². The summed E-state index contributed by atoms with van der Waals surface area (Å²) in [6.45, 7) is 1.92. The van der Waals surface area contributed by atoms with Crippen molar-refractivity contribution in [2.45, 2.75) is 57.0 Å². The molecule has 0 saturated carbocycles. The maximum absolute atomic E-state index is 11.2. The molecule has 5 heteroatoms. The topological polar surface area (TPSA) is 69.6 Å². The SMILES string of the molecule is O=C(O)CCC1CCCCN1CC1CCC(=O)N1. The van der Waals surface area contributed by atoms with E-state index in [0.717, 1.165) is 32.4 Å². The first kappa shape index (κ1) is 13.3. The number of carbonyl (C=O) groups excluding carboxylic acids is 1. The summed E-state index contributed by atoms with van der Waals surface area (Å²) >= 11 is 0. The van der Waals surface area contributed by atoms with Gasteiger partial charge in [-0.3, -0.25) is 14.5 Å². The monoisotopic (exact) mass is 254 g/mol. The van der Waals surface area contributed by atoms with Gasteiger partial charge in [0.05, 0.1) is 0 Å². The van der Waals surface area contributed by atoms with Gasteiger partial charge in [0, 0.05) is 31.5 Å². The van der Waals surface area contributed by atoms with Crippen molar-refractivity contribution < 1.29 is 14.7 Å². The lowest BCUT2D eigenvalue weighted by Gasteiger charge is -2.37. The summed E-state index contributed by atoms with van der Waals surface area (Å²) in [5.41, 5.74) is 0. The van der Waals surface area contributed by atoms with Gasteiger partial charge in [0.2, 0.25) is 5.91 Å². The van der Waals surface area contributed by atoms with Crippen LogP contribution < -0.4 is 5.32 Å². The van der Waals surface area contributed by atoms with Gasteiger partial charge in [-0.15, -0.1) is 0 Å². The maximum Gasteiger partial charge on any atom is 0.303 e. The Bertz CT molecular complexity index is 319. The van der Waals surface area contributed by atoms with Crippen molar-refractivity contribution in [1.29, 1.82) is 0 Å². The van der Waals surface area contributed by atoms with Crippen molar-refractivity contribution in [3.8, 4) is 0 Å². The minimum atomic E-state index is -0.713. The van der Waals surface area contributed by atoms with Gasteiger partial charge in [0.1, 0.15) is 0 Å². The van der Waals surface area contributed by atoms with Crippen LogP contribution in [0, 0.1) is 0 Å². The van der Waals surface area contributed by atoms with Crippen molar-refractivity contribution in [1.82, 2.24) is 10.2 Å². The lowest BCUT2D eigenvalue weighted by atomic mass is 9.97. The molecule has 2 rings (SSSR count). The van der Waals surface area contributed by atoms with Gasteiger partial charge in [0.25, 0.3) is 0 Å². The second kappa shape index (κ2) is 6.18. The molecule has 102 valence electrons. The van der Waals surface area contributed by atoms with Gasteiger partial charge < -0.3 is 10.4 Å². The van der Waals surface area contributed by atoms with Crippen molar-refractivity contribution >= 4 is 11.9 Å². The van der Waals surface area contributed by atoms with Gasteiger partial charge in [0.15, 0.2) is 0 Å². The molecule has 2 aliphatic rings. The highest BCUT2D eigenvalue weighted by Gasteiger charge is 2.28. The smallest absolute Gasteiger partial charge is 0.303 e. The van der Waals surface area contributed by atoms with Crippen LogP contribution in [-0.2, 0) is 9.59 Å². The number of likely N-dealkylation sites (tertiary alicyclic amines) is 1. The molecule has 2 fully saturated rings. The first-order chi connectivity index (χ1) is 8.65. The van der Waals surface area contributed by atoms with E-state index >= 15 is 0 Å². The second-order valence-corrected chi connectivity index (χ2v) is 5.38. The fourth-order valence-corrected chi connectivity index (χ4v) is 3.01. The summed E-state index contributed by atoms with van der Waals surface area (Å²) in [7, 11) is 0. The third-order valence-corrected chi connectivity index (χ3v) is 3.98. The van der Waals surface area contributed by atoms with Crippen LogP contribution in [0.3, 0.4) is 0 Å². The van der Waals surface area contributed by atoms with E-state index in [1.807, 2.05) is 0 Å². The third-order valence-electron chi connectivity index (χ3n) is 3.98. The summed E-state index contributed by atoms with van der Waals surface area (Å²) in [5, 5.41) is 11.8. The largest absolute Gasteiger partial charge is 0.481 e. The van der Waals surface area contributed by atoms with Crippen LogP contribution in [0.1, 0.15) is 44.9 Å². The molecule has 2 heterocycles. The molecule has 0 aliphatic carbocycles. The fourth-order valence-electron chi connectivity index (χ4n) is 3.01. The Kier molecular flexibility index (Phi) is 4.58. The number of carboxylic acids is 1. The van der Waals surface area contributed by atoms with Crippen LogP contribution in [0.2, 0.25) is 0 Å². The molecular weight excluding hydrogens is 232 g/mol. The average molecular weight is 254 g/mol. The molecule has 0 radical (unpaired) electrons. The second-order valence-electron chi connectivity index (χ2n) is 5.38. The van der Waals surface area contributed by atoms with Crippen molar-refractivity contribution in [2.75, 3.05) is 13.1 Å². The number of hydrogen-bond donors (Lipinski definition) is 2. The van der Waals surface area contributed by atoms with Crippen molar-refractivity contribution in [2.24, 2.45) is 0 Å².